The van der Waals surface area contributed by atoms with Crippen molar-refractivity contribution in [3.8, 4) is 0 Å². The van der Waals surface area contributed by atoms with Gasteiger partial charge in [-0.15, -0.1) is 0 Å². The lowest BCUT2D eigenvalue weighted by Gasteiger charge is -2.07. The molecule has 0 aromatic heterocycles. The maximum absolute atomic E-state index is 13.0. The number of nitrogens with one attached hydrogen (secondary N) is 1. The lowest BCUT2D eigenvalue weighted by atomic mass is 10.1. The SMILES string of the molecule is Cc1cc(C(=O)CCNCC(C)C)ccc1F. The fraction of sp³-hybridized carbons (Fsp3) is 0.500. The van der Waals surface area contributed by atoms with E-state index >= 15 is 0 Å². The quantitative estimate of drug-likeness (QED) is 0.609. The van der Waals surface area contributed by atoms with Crippen LogP contribution in [0.2, 0.25) is 0 Å². The van der Waals surface area contributed by atoms with Crippen LogP contribution in [0.4, 0.5) is 4.39 Å². The Morgan fingerprint density at radius 1 is 1.41 bits per heavy atom. The van der Waals surface area contributed by atoms with Crippen LogP contribution in [0.15, 0.2) is 18.2 Å². The van der Waals surface area contributed by atoms with E-state index < -0.39 is 0 Å². The zero-order chi connectivity index (χ0) is 12.8. The summed E-state index contributed by atoms with van der Waals surface area (Å²) in [7, 11) is 0. The molecule has 1 aromatic carbocycles. The van der Waals surface area contributed by atoms with Crippen LogP contribution in [0.3, 0.4) is 0 Å². The molecule has 3 heteroatoms. The van der Waals surface area contributed by atoms with E-state index in [9.17, 15) is 9.18 Å². The Morgan fingerprint density at radius 3 is 2.71 bits per heavy atom. The molecule has 0 heterocycles. The monoisotopic (exact) mass is 237 g/mol. The summed E-state index contributed by atoms with van der Waals surface area (Å²) in [6.45, 7) is 7.50. The van der Waals surface area contributed by atoms with Crippen molar-refractivity contribution in [1.82, 2.24) is 5.32 Å². The van der Waals surface area contributed by atoms with Gasteiger partial charge in [0.2, 0.25) is 0 Å². The molecule has 1 N–H and O–H groups in total. The zero-order valence-electron chi connectivity index (χ0n) is 10.7. The second-order valence-corrected chi connectivity index (χ2v) is 4.74. The smallest absolute Gasteiger partial charge is 0.164 e. The second-order valence-electron chi connectivity index (χ2n) is 4.74. The van der Waals surface area contributed by atoms with Crippen LogP contribution >= 0.6 is 0 Å². The first-order chi connectivity index (χ1) is 8.00. The van der Waals surface area contributed by atoms with Crippen LogP contribution in [-0.2, 0) is 0 Å². The number of Topliss-reactive ketones (excluding diaryl/α,β-unsaturated/α-hetero) is 1. The van der Waals surface area contributed by atoms with Gasteiger partial charge in [-0.1, -0.05) is 13.8 Å². The Bertz CT molecular complexity index is 388. The standard InChI is InChI=1S/C14H20FNO/c1-10(2)9-16-7-6-14(17)12-4-5-13(15)11(3)8-12/h4-5,8,10,16H,6-7,9H2,1-3H3. The summed E-state index contributed by atoms with van der Waals surface area (Å²) in [5, 5.41) is 3.22. The summed E-state index contributed by atoms with van der Waals surface area (Å²) in [6, 6.07) is 4.51. The molecular formula is C14H20FNO. The molecule has 0 spiro atoms. The molecule has 17 heavy (non-hydrogen) atoms. The molecular weight excluding hydrogens is 217 g/mol. The molecule has 0 aliphatic carbocycles. The predicted octanol–water partition coefficient (Wildman–Crippen LogP) is 2.95. The number of aryl methyl sites for hydroxylation is 1. The van der Waals surface area contributed by atoms with Crippen molar-refractivity contribution in [2.75, 3.05) is 13.1 Å². The molecule has 0 fully saturated rings. The van der Waals surface area contributed by atoms with Gasteiger partial charge in [0.25, 0.3) is 0 Å². The van der Waals surface area contributed by atoms with Gasteiger partial charge in [-0.25, -0.2) is 4.39 Å². The number of rotatable bonds is 6. The Morgan fingerprint density at radius 2 is 2.12 bits per heavy atom. The van der Waals surface area contributed by atoms with Crippen LogP contribution in [0.5, 0.6) is 0 Å². The van der Waals surface area contributed by atoms with Gasteiger partial charge >= 0.3 is 0 Å². The normalized spacial score (nSPS) is 10.9. The van der Waals surface area contributed by atoms with Crippen LogP contribution in [0, 0.1) is 18.7 Å². The molecule has 0 radical (unpaired) electrons. The van der Waals surface area contributed by atoms with Crippen molar-refractivity contribution in [3.05, 3.63) is 35.1 Å². The van der Waals surface area contributed by atoms with E-state index in [4.69, 9.17) is 0 Å². The lowest BCUT2D eigenvalue weighted by molar-refractivity contribution is 0.0982. The van der Waals surface area contributed by atoms with E-state index in [1.54, 1.807) is 19.1 Å². The summed E-state index contributed by atoms with van der Waals surface area (Å²) in [4.78, 5) is 11.8. The van der Waals surface area contributed by atoms with Crippen LogP contribution in [0.25, 0.3) is 0 Å². The fourth-order valence-electron chi connectivity index (χ4n) is 1.56. The van der Waals surface area contributed by atoms with Gasteiger partial charge in [0.15, 0.2) is 5.78 Å². The molecule has 0 saturated carbocycles. The van der Waals surface area contributed by atoms with E-state index in [0.717, 1.165) is 6.54 Å². The Labute approximate surface area is 102 Å². The van der Waals surface area contributed by atoms with Crippen molar-refractivity contribution in [1.29, 1.82) is 0 Å². The summed E-state index contributed by atoms with van der Waals surface area (Å²) in [5.74, 6) is 0.377. The first-order valence-electron chi connectivity index (χ1n) is 6.00. The van der Waals surface area contributed by atoms with Crippen molar-refractivity contribution in [3.63, 3.8) is 0 Å². The average Bonchev–Trinajstić information content (AvgIpc) is 2.27. The van der Waals surface area contributed by atoms with Crippen molar-refractivity contribution < 1.29 is 9.18 Å². The van der Waals surface area contributed by atoms with Crippen molar-refractivity contribution in [2.45, 2.75) is 27.2 Å². The van der Waals surface area contributed by atoms with Gasteiger partial charge in [0.05, 0.1) is 0 Å². The maximum atomic E-state index is 13.0. The van der Waals surface area contributed by atoms with E-state index in [1.807, 2.05) is 0 Å². The van der Waals surface area contributed by atoms with Crippen LogP contribution in [0.1, 0.15) is 36.2 Å². The largest absolute Gasteiger partial charge is 0.316 e. The van der Waals surface area contributed by atoms with E-state index in [1.165, 1.54) is 6.07 Å². The van der Waals surface area contributed by atoms with E-state index in [0.29, 0.717) is 30.0 Å². The highest BCUT2D eigenvalue weighted by Gasteiger charge is 2.07. The van der Waals surface area contributed by atoms with Gasteiger partial charge in [0, 0.05) is 18.5 Å². The van der Waals surface area contributed by atoms with Crippen molar-refractivity contribution in [2.24, 2.45) is 5.92 Å². The van der Waals surface area contributed by atoms with E-state index in [-0.39, 0.29) is 11.6 Å². The van der Waals surface area contributed by atoms with Crippen LogP contribution in [-0.4, -0.2) is 18.9 Å². The molecule has 2 nitrogen and oxygen atoms in total. The lowest BCUT2D eigenvalue weighted by Crippen LogP contribution is -2.22. The highest BCUT2D eigenvalue weighted by atomic mass is 19.1. The average molecular weight is 237 g/mol. The van der Waals surface area contributed by atoms with Gasteiger partial charge in [0.1, 0.15) is 5.82 Å². The molecule has 1 aromatic rings. The topological polar surface area (TPSA) is 29.1 Å². The summed E-state index contributed by atoms with van der Waals surface area (Å²) in [6.07, 6.45) is 0.456. The van der Waals surface area contributed by atoms with E-state index in [2.05, 4.69) is 19.2 Å². The first kappa shape index (κ1) is 13.8. The Kier molecular flexibility index (Phi) is 5.29. The number of benzene rings is 1. The Hall–Kier alpha value is -1.22. The van der Waals surface area contributed by atoms with Crippen LogP contribution < -0.4 is 5.32 Å². The summed E-state index contributed by atoms with van der Waals surface area (Å²) >= 11 is 0. The first-order valence-corrected chi connectivity index (χ1v) is 6.00. The minimum absolute atomic E-state index is 0.0596. The zero-order valence-corrected chi connectivity index (χ0v) is 10.7. The third-order valence-electron chi connectivity index (χ3n) is 2.56. The number of carbonyl (C=O) groups excluding carboxylic acids is 1. The number of hydrogen-bond donors (Lipinski definition) is 1. The minimum atomic E-state index is -0.264. The minimum Gasteiger partial charge on any atom is -0.316 e. The number of ketones is 1. The van der Waals surface area contributed by atoms with Gasteiger partial charge in [-0.05, 0) is 43.1 Å². The molecule has 0 aliphatic heterocycles. The fourth-order valence-corrected chi connectivity index (χ4v) is 1.56. The van der Waals surface area contributed by atoms with Gasteiger partial charge in [-0.2, -0.15) is 0 Å². The highest BCUT2D eigenvalue weighted by Crippen LogP contribution is 2.10. The molecule has 1 rings (SSSR count). The van der Waals surface area contributed by atoms with Gasteiger partial charge in [-0.3, -0.25) is 4.79 Å². The molecule has 0 aliphatic rings. The molecule has 0 atom stereocenters. The molecule has 0 amide bonds. The molecule has 94 valence electrons. The molecule has 0 bridgehead atoms. The highest BCUT2D eigenvalue weighted by molar-refractivity contribution is 5.96. The molecule has 0 unspecified atom stereocenters. The Balaban J connectivity index is 2.44. The number of halogens is 1. The third-order valence-corrected chi connectivity index (χ3v) is 2.56. The predicted molar refractivity (Wildman–Crippen MR) is 67.8 cm³/mol. The number of carbonyl (C=O) groups is 1. The third kappa shape index (κ3) is 4.65. The van der Waals surface area contributed by atoms with Gasteiger partial charge < -0.3 is 5.32 Å². The van der Waals surface area contributed by atoms with Crippen molar-refractivity contribution >= 4 is 5.78 Å². The second kappa shape index (κ2) is 6.50. The summed E-state index contributed by atoms with van der Waals surface area (Å²) < 4.78 is 13.0. The summed E-state index contributed by atoms with van der Waals surface area (Å²) in [5.41, 5.74) is 1.11. The molecule has 0 saturated heterocycles. The number of hydrogen-bond acceptors (Lipinski definition) is 2. The maximum Gasteiger partial charge on any atom is 0.164 e.